The van der Waals surface area contributed by atoms with Crippen LogP contribution in [0, 0.1) is 0 Å². The Morgan fingerprint density at radius 3 is 1.56 bits per heavy atom. The number of ether oxygens (including phenoxy) is 1. The monoisotopic (exact) mass is 549 g/mol. The van der Waals surface area contributed by atoms with Gasteiger partial charge in [0.25, 0.3) is 0 Å². The van der Waals surface area contributed by atoms with Gasteiger partial charge >= 0.3 is 0 Å². The minimum Gasteiger partial charge on any atom is -0.455 e. The Bertz CT molecular complexity index is 2340. The van der Waals surface area contributed by atoms with Crippen LogP contribution in [-0.2, 0) is 0 Å². The molecule has 1 aliphatic rings. The Morgan fingerprint density at radius 2 is 0.860 bits per heavy atom. The normalized spacial score (nSPS) is 11.9. The molecule has 0 unspecified atom stereocenters. The standard InChI is InChI=1S/C39H23N3O/c1-3-8-24(9-4-1)25-14-20-30(21-15-25)38-40-37(29-10-5-2-6-11-29)41-39(42-38)31-23-22-28-19-18-27-17-16-26-12-7-13-32-33(26)34(27)35(28)36(31)43-32/h1-23H. The van der Waals surface area contributed by atoms with Gasteiger partial charge in [-0.15, -0.1) is 0 Å². The molecule has 0 atom stereocenters. The zero-order chi connectivity index (χ0) is 28.3. The van der Waals surface area contributed by atoms with Crippen molar-refractivity contribution in [1.82, 2.24) is 15.0 Å². The number of rotatable bonds is 4. The summed E-state index contributed by atoms with van der Waals surface area (Å²) in [6.45, 7) is 0. The van der Waals surface area contributed by atoms with E-state index in [0.717, 1.165) is 49.9 Å². The molecule has 8 aromatic rings. The maximum Gasteiger partial charge on any atom is 0.167 e. The molecule has 0 aliphatic carbocycles. The van der Waals surface area contributed by atoms with Crippen molar-refractivity contribution >= 4 is 32.3 Å². The fraction of sp³-hybridized carbons (Fsp3) is 0. The summed E-state index contributed by atoms with van der Waals surface area (Å²) >= 11 is 0. The zero-order valence-corrected chi connectivity index (χ0v) is 23.0. The van der Waals surface area contributed by atoms with Crippen LogP contribution in [0.2, 0.25) is 0 Å². The highest BCUT2D eigenvalue weighted by Gasteiger charge is 2.24. The molecule has 43 heavy (non-hydrogen) atoms. The minimum absolute atomic E-state index is 0.580. The highest BCUT2D eigenvalue weighted by atomic mass is 16.5. The lowest BCUT2D eigenvalue weighted by atomic mass is 9.92. The van der Waals surface area contributed by atoms with Crippen LogP contribution in [0.3, 0.4) is 0 Å². The first-order valence-corrected chi connectivity index (χ1v) is 14.4. The molecule has 1 aromatic heterocycles. The molecule has 9 rings (SSSR count). The van der Waals surface area contributed by atoms with Crippen LogP contribution in [-0.4, -0.2) is 15.0 Å². The Morgan fingerprint density at radius 1 is 0.349 bits per heavy atom. The number of benzene rings is 7. The van der Waals surface area contributed by atoms with Crippen molar-refractivity contribution in [3.63, 3.8) is 0 Å². The van der Waals surface area contributed by atoms with Crippen molar-refractivity contribution in [1.29, 1.82) is 0 Å². The fourth-order valence-corrected chi connectivity index (χ4v) is 6.21. The summed E-state index contributed by atoms with van der Waals surface area (Å²) in [7, 11) is 0. The molecule has 0 fully saturated rings. The second-order valence-corrected chi connectivity index (χ2v) is 10.8. The molecule has 0 spiro atoms. The first kappa shape index (κ1) is 23.8. The van der Waals surface area contributed by atoms with Crippen LogP contribution in [0.5, 0.6) is 11.5 Å². The molecule has 0 radical (unpaired) electrons. The molecule has 4 heteroatoms. The van der Waals surface area contributed by atoms with Gasteiger partial charge in [0.05, 0.1) is 5.56 Å². The lowest BCUT2D eigenvalue weighted by Gasteiger charge is -2.22. The van der Waals surface area contributed by atoms with Gasteiger partial charge in [0.2, 0.25) is 0 Å². The number of aromatic nitrogens is 3. The third-order valence-corrected chi connectivity index (χ3v) is 8.29. The number of nitrogens with zero attached hydrogens (tertiary/aromatic N) is 3. The predicted molar refractivity (Wildman–Crippen MR) is 174 cm³/mol. The Labute approximate surface area is 247 Å². The second kappa shape index (κ2) is 9.33. The molecule has 0 saturated heterocycles. The summed E-state index contributed by atoms with van der Waals surface area (Å²) in [5.74, 6) is 3.45. The summed E-state index contributed by atoms with van der Waals surface area (Å²) < 4.78 is 6.73. The first-order chi connectivity index (χ1) is 21.3. The van der Waals surface area contributed by atoms with Gasteiger partial charge in [-0.05, 0) is 39.4 Å². The summed E-state index contributed by atoms with van der Waals surface area (Å²) in [6, 6.07) is 48.0. The molecule has 200 valence electrons. The third-order valence-electron chi connectivity index (χ3n) is 8.29. The van der Waals surface area contributed by atoms with Gasteiger partial charge in [0.1, 0.15) is 11.5 Å². The van der Waals surface area contributed by atoms with Crippen LogP contribution in [0.15, 0.2) is 140 Å². The minimum atomic E-state index is 0.580. The van der Waals surface area contributed by atoms with Crippen molar-refractivity contribution < 1.29 is 4.74 Å². The topological polar surface area (TPSA) is 47.9 Å². The van der Waals surface area contributed by atoms with Gasteiger partial charge < -0.3 is 4.74 Å². The van der Waals surface area contributed by atoms with E-state index in [4.69, 9.17) is 19.7 Å². The highest BCUT2D eigenvalue weighted by Crippen LogP contribution is 2.50. The molecule has 7 aromatic carbocycles. The Hall–Kier alpha value is -5.87. The summed E-state index contributed by atoms with van der Waals surface area (Å²) in [5, 5.41) is 6.94. The van der Waals surface area contributed by atoms with Crippen molar-refractivity contribution in [3.8, 4) is 56.8 Å². The van der Waals surface area contributed by atoms with Gasteiger partial charge in [-0.25, -0.2) is 15.0 Å². The third kappa shape index (κ3) is 3.81. The van der Waals surface area contributed by atoms with Gasteiger partial charge in [-0.1, -0.05) is 127 Å². The van der Waals surface area contributed by atoms with Crippen LogP contribution in [0.25, 0.3) is 77.6 Å². The van der Waals surface area contributed by atoms with E-state index >= 15 is 0 Å². The van der Waals surface area contributed by atoms with Crippen molar-refractivity contribution in [2.24, 2.45) is 0 Å². The van der Waals surface area contributed by atoms with Gasteiger partial charge in [0.15, 0.2) is 17.5 Å². The molecule has 0 saturated carbocycles. The number of hydrogen-bond donors (Lipinski definition) is 0. The molecule has 1 aliphatic heterocycles. The van der Waals surface area contributed by atoms with E-state index < -0.39 is 0 Å². The molecule has 4 nitrogen and oxygen atoms in total. The lowest BCUT2D eigenvalue weighted by molar-refractivity contribution is 0.494. The molecule has 2 heterocycles. The molecule has 0 N–H and O–H groups in total. The van der Waals surface area contributed by atoms with E-state index in [9.17, 15) is 0 Å². The Balaban J connectivity index is 1.28. The van der Waals surface area contributed by atoms with Crippen molar-refractivity contribution in [2.45, 2.75) is 0 Å². The van der Waals surface area contributed by atoms with Crippen molar-refractivity contribution in [2.75, 3.05) is 0 Å². The van der Waals surface area contributed by atoms with E-state index in [1.165, 1.54) is 21.7 Å². The molecular formula is C39H23N3O. The second-order valence-electron chi connectivity index (χ2n) is 10.8. The maximum atomic E-state index is 6.73. The average molecular weight is 550 g/mol. The van der Waals surface area contributed by atoms with Crippen molar-refractivity contribution in [3.05, 3.63) is 140 Å². The first-order valence-electron chi connectivity index (χ1n) is 14.4. The van der Waals surface area contributed by atoms with E-state index in [1.54, 1.807) is 0 Å². The zero-order valence-electron chi connectivity index (χ0n) is 23.0. The van der Waals surface area contributed by atoms with E-state index in [1.807, 2.05) is 48.5 Å². The van der Waals surface area contributed by atoms with Crippen LogP contribution >= 0.6 is 0 Å². The van der Waals surface area contributed by atoms with E-state index in [0.29, 0.717) is 17.5 Å². The summed E-state index contributed by atoms with van der Waals surface area (Å²) in [5.41, 5.74) is 5.01. The summed E-state index contributed by atoms with van der Waals surface area (Å²) in [4.78, 5) is 15.0. The SMILES string of the molecule is c1ccc(-c2ccc(-c3nc(-c4ccccc4)nc(-c4ccc5ccc6ccc7cccc8c7c6c5c4O8)n3)cc2)cc1. The fourth-order valence-electron chi connectivity index (χ4n) is 6.21. The highest BCUT2D eigenvalue weighted by molar-refractivity contribution is 6.25. The van der Waals surface area contributed by atoms with Crippen LogP contribution in [0.1, 0.15) is 0 Å². The predicted octanol–water partition coefficient (Wildman–Crippen LogP) is 10.1. The summed E-state index contributed by atoms with van der Waals surface area (Å²) in [6.07, 6.45) is 0. The lowest BCUT2D eigenvalue weighted by Crippen LogP contribution is -2.03. The maximum absolute atomic E-state index is 6.73. The average Bonchev–Trinajstić information content (AvgIpc) is 3.09. The van der Waals surface area contributed by atoms with Crippen LogP contribution < -0.4 is 4.74 Å². The molecule has 0 amide bonds. The molecule has 0 bridgehead atoms. The van der Waals surface area contributed by atoms with Gasteiger partial charge in [0, 0.05) is 27.3 Å². The smallest absolute Gasteiger partial charge is 0.167 e. The Kier molecular flexibility index (Phi) is 5.16. The molecular weight excluding hydrogens is 526 g/mol. The van der Waals surface area contributed by atoms with Gasteiger partial charge in [-0.2, -0.15) is 0 Å². The van der Waals surface area contributed by atoms with E-state index in [2.05, 4.69) is 91.0 Å². The van der Waals surface area contributed by atoms with Crippen LogP contribution in [0.4, 0.5) is 0 Å². The number of hydrogen-bond acceptors (Lipinski definition) is 4. The van der Waals surface area contributed by atoms with E-state index in [-0.39, 0.29) is 0 Å². The largest absolute Gasteiger partial charge is 0.455 e. The quantitative estimate of drug-likeness (QED) is 0.205. The van der Waals surface area contributed by atoms with Gasteiger partial charge in [-0.3, -0.25) is 0 Å².